The Kier molecular flexibility index (Phi) is 4.53. The smallest absolute Gasteiger partial charge is 0.142 e. The Morgan fingerprint density at radius 1 is 1.32 bits per heavy atom. The van der Waals surface area contributed by atoms with Gasteiger partial charge in [0.1, 0.15) is 5.82 Å². The molecule has 0 radical (unpaired) electrons. The van der Waals surface area contributed by atoms with Crippen LogP contribution in [0, 0.1) is 5.41 Å². The van der Waals surface area contributed by atoms with Crippen LogP contribution in [0.2, 0.25) is 0 Å². The van der Waals surface area contributed by atoms with E-state index in [1.165, 1.54) is 0 Å². The summed E-state index contributed by atoms with van der Waals surface area (Å²) in [7, 11) is 0. The Balaban J connectivity index is 2.06. The average molecular weight is 262 g/mol. The molecule has 1 aliphatic rings. The fraction of sp³-hybridized carbons (Fsp3) is 0.733. The van der Waals surface area contributed by atoms with Gasteiger partial charge in [-0.1, -0.05) is 27.7 Å². The van der Waals surface area contributed by atoms with Gasteiger partial charge in [-0.2, -0.15) is 0 Å². The van der Waals surface area contributed by atoms with E-state index in [2.05, 4.69) is 47.9 Å². The monoisotopic (exact) mass is 262 g/mol. The van der Waals surface area contributed by atoms with Crippen LogP contribution in [0.4, 0.5) is 0 Å². The van der Waals surface area contributed by atoms with Gasteiger partial charge in [-0.3, -0.25) is 4.90 Å². The Hall–Kier alpha value is -1.00. The molecular weight excluding hydrogens is 236 g/mol. The van der Waals surface area contributed by atoms with Crippen molar-refractivity contribution in [1.82, 2.24) is 20.2 Å². The van der Waals surface area contributed by atoms with Crippen LogP contribution in [0.15, 0.2) is 18.5 Å². The zero-order valence-electron chi connectivity index (χ0n) is 12.6. The van der Waals surface area contributed by atoms with Crippen molar-refractivity contribution in [2.75, 3.05) is 13.1 Å². The predicted molar refractivity (Wildman–Crippen MR) is 77.8 cm³/mol. The summed E-state index contributed by atoms with van der Waals surface area (Å²) in [5.41, 5.74) is 0.286. The lowest BCUT2D eigenvalue weighted by atomic mass is 9.84. The summed E-state index contributed by atoms with van der Waals surface area (Å²) in [5.74, 6) is 0.926. The summed E-state index contributed by atoms with van der Waals surface area (Å²) >= 11 is 0. The molecule has 0 saturated carbocycles. The Bertz CT molecular complexity index is 385. The molecule has 1 aromatic heterocycles. The normalized spacial score (nSPS) is 25.5. The summed E-state index contributed by atoms with van der Waals surface area (Å²) in [6.45, 7) is 12.1. The van der Waals surface area contributed by atoms with Crippen molar-refractivity contribution in [1.29, 1.82) is 0 Å². The molecule has 4 nitrogen and oxygen atoms in total. The predicted octanol–water partition coefficient (Wildman–Crippen LogP) is 2.08. The van der Waals surface area contributed by atoms with Gasteiger partial charge in [0.25, 0.3) is 0 Å². The lowest BCUT2D eigenvalue weighted by molar-refractivity contribution is 0.0754. The molecular formula is C15H26N4. The fourth-order valence-electron chi connectivity index (χ4n) is 2.63. The third kappa shape index (κ3) is 3.74. The summed E-state index contributed by atoms with van der Waals surface area (Å²) in [4.78, 5) is 11.2. The molecule has 1 aromatic rings. The molecule has 0 bridgehead atoms. The number of nitrogens with one attached hydrogen (secondary N) is 1. The first-order chi connectivity index (χ1) is 9.00. The highest BCUT2D eigenvalue weighted by Crippen LogP contribution is 2.24. The molecule has 0 aromatic carbocycles. The molecule has 0 aliphatic carbocycles. The SMILES string of the molecule is CCC1CNC(C(C)(C)C)CN1Cc1ncccn1. The molecule has 2 atom stereocenters. The molecule has 1 aliphatic heterocycles. The van der Waals surface area contributed by atoms with Crippen molar-refractivity contribution >= 4 is 0 Å². The summed E-state index contributed by atoms with van der Waals surface area (Å²) in [6, 6.07) is 2.98. The van der Waals surface area contributed by atoms with Crippen LogP contribution < -0.4 is 5.32 Å². The Morgan fingerprint density at radius 3 is 2.58 bits per heavy atom. The topological polar surface area (TPSA) is 41.0 Å². The van der Waals surface area contributed by atoms with Gasteiger partial charge in [-0.15, -0.1) is 0 Å². The maximum Gasteiger partial charge on any atom is 0.142 e. The first-order valence-electron chi connectivity index (χ1n) is 7.24. The van der Waals surface area contributed by atoms with E-state index in [9.17, 15) is 0 Å². The van der Waals surface area contributed by atoms with Gasteiger partial charge in [-0.25, -0.2) is 9.97 Å². The van der Waals surface area contributed by atoms with Crippen LogP contribution in [-0.2, 0) is 6.54 Å². The quantitative estimate of drug-likeness (QED) is 0.905. The highest BCUT2D eigenvalue weighted by atomic mass is 15.2. The van der Waals surface area contributed by atoms with Crippen LogP contribution >= 0.6 is 0 Å². The molecule has 2 heterocycles. The van der Waals surface area contributed by atoms with Gasteiger partial charge in [-0.05, 0) is 17.9 Å². The van der Waals surface area contributed by atoms with Crippen molar-refractivity contribution in [3.8, 4) is 0 Å². The molecule has 4 heteroatoms. The van der Waals surface area contributed by atoms with Gasteiger partial charge in [0.2, 0.25) is 0 Å². The first-order valence-corrected chi connectivity index (χ1v) is 7.24. The van der Waals surface area contributed by atoms with E-state index < -0.39 is 0 Å². The number of aromatic nitrogens is 2. The minimum Gasteiger partial charge on any atom is -0.311 e. The first kappa shape index (κ1) is 14.4. The third-order valence-electron chi connectivity index (χ3n) is 4.01. The van der Waals surface area contributed by atoms with Gasteiger partial charge in [0, 0.05) is 37.6 Å². The number of nitrogens with zero attached hydrogens (tertiary/aromatic N) is 3. The van der Waals surface area contributed by atoms with E-state index in [0.29, 0.717) is 12.1 Å². The van der Waals surface area contributed by atoms with Gasteiger partial charge in [0.15, 0.2) is 0 Å². The molecule has 1 saturated heterocycles. The van der Waals surface area contributed by atoms with E-state index in [0.717, 1.165) is 31.9 Å². The minimum atomic E-state index is 0.286. The lowest BCUT2D eigenvalue weighted by Gasteiger charge is -2.44. The Labute approximate surface area is 116 Å². The molecule has 2 rings (SSSR count). The minimum absolute atomic E-state index is 0.286. The van der Waals surface area contributed by atoms with Gasteiger partial charge >= 0.3 is 0 Å². The van der Waals surface area contributed by atoms with E-state index in [4.69, 9.17) is 0 Å². The van der Waals surface area contributed by atoms with E-state index in [1.54, 1.807) is 0 Å². The van der Waals surface area contributed by atoms with E-state index in [1.807, 2.05) is 18.5 Å². The highest BCUT2D eigenvalue weighted by molar-refractivity contribution is 4.95. The van der Waals surface area contributed by atoms with E-state index >= 15 is 0 Å². The zero-order chi connectivity index (χ0) is 13.9. The standard InChI is InChI=1S/C15H26N4/c1-5-12-9-18-13(15(2,3)4)10-19(12)11-14-16-7-6-8-17-14/h6-8,12-13,18H,5,9-11H2,1-4H3. The van der Waals surface area contributed by atoms with Crippen molar-refractivity contribution in [2.45, 2.75) is 52.7 Å². The second-order valence-electron chi connectivity index (χ2n) is 6.48. The van der Waals surface area contributed by atoms with Crippen molar-refractivity contribution < 1.29 is 0 Å². The molecule has 2 unspecified atom stereocenters. The lowest BCUT2D eigenvalue weighted by Crippen LogP contribution is -2.59. The van der Waals surface area contributed by atoms with Crippen LogP contribution in [-0.4, -0.2) is 40.0 Å². The van der Waals surface area contributed by atoms with Crippen LogP contribution in [0.5, 0.6) is 0 Å². The summed E-state index contributed by atoms with van der Waals surface area (Å²) < 4.78 is 0. The fourth-order valence-corrected chi connectivity index (χ4v) is 2.63. The maximum absolute atomic E-state index is 4.36. The van der Waals surface area contributed by atoms with Crippen LogP contribution in [0.25, 0.3) is 0 Å². The number of hydrogen-bond donors (Lipinski definition) is 1. The molecule has 1 N–H and O–H groups in total. The second kappa shape index (κ2) is 5.97. The van der Waals surface area contributed by atoms with Gasteiger partial charge in [0.05, 0.1) is 6.54 Å². The molecule has 0 amide bonds. The van der Waals surface area contributed by atoms with Crippen LogP contribution in [0.1, 0.15) is 39.9 Å². The maximum atomic E-state index is 4.36. The molecule has 19 heavy (non-hydrogen) atoms. The van der Waals surface area contributed by atoms with Crippen molar-refractivity contribution in [2.24, 2.45) is 5.41 Å². The number of rotatable bonds is 3. The molecule has 0 spiro atoms. The zero-order valence-corrected chi connectivity index (χ0v) is 12.6. The highest BCUT2D eigenvalue weighted by Gasteiger charge is 2.33. The van der Waals surface area contributed by atoms with Gasteiger partial charge < -0.3 is 5.32 Å². The van der Waals surface area contributed by atoms with Crippen molar-refractivity contribution in [3.05, 3.63) is 24.3 Å². The second-order valence-corrected chi connectivity index (χ2v) is 6.48. The average Bonchev–Trinajstić information content (AvgIpc) is 2.39. The van der Waals surface area contributed by atoms with Crippen molar-refractivity contribution in [3.63, 3.8) is 0 Å². The molecule has 106 valence electrons. The Morgan fingerprint density at radius 2 is 2.00 bits per heavy atom. The number of piperazine rings is 1. The van der Waals surface area contributed by atoms with E-state index in [-0.39, 0.29) is 5.41 Å². The largest absolute Gasteiger partial charge is 0.311 e. The summed E-state index contributed by atoms with van der Waals surface area (Å²) in [5, 5.41) is 3.69. The van der Waals surface area contributed by atoms with Crippen LogP contribution in [0.3, 0.4) is 0 Å². The number of hydrogen-bond acceptors (Lipinski definition) is 4. The third-order valence-corrected chi connectivity index (χ3v) is 4.01. The molecule has 1 fully saturated rings. The summed E-state index contributed by atoms with van der Waals surface area (Å²) in [6.07, 6.45) is 4.82.